The summed E-state index contributed by atoms with van der Waals surface area (Å²) in [5, 5.41) is 13.9. The lowest BCUT2D eigenvalue weighted by atomic mass is 9.86. The number of nitrogens with zero attached hydrogens (tertiary/aromatic N) is 1. The van der Waals surface area contributed by atoms with Gasteiger partial charge in [0.1, 0.15) is 11.4 Å². The second-order valence-corrected chi connectivity index (χ2v) is 8.17. The third-order valence-electron chi connectivity index (χ3n) is 4.59. The van der Waals surface area contributed by atoms with Crippen molar-refractivity contribution in [1.82, 2.24) is 10.3 Å². The van der Waals surface area contributed by atoms with E-state index in [-0.39, 0.29) is 23.6 Å². The molecule has 4 nitrogen and oxygen atoms in total. The van der Waals surface area contributed by atoms with Gasteiger partial charge >= 0.3 is 0 Å². The van der Waals surface area contributed by atoms with Crippen molar-refractivity contribution in [3.8, 4) is 5.75 Å². The van der Waals surface area contributed by atoms with Crippen LogP contribution >= 0.6 is 11.6 Å². The summed E-state index contributed by atoms with van der Waals surface area (Å²) in [5.41, 5.74) is 3.89. The Balaban J connectivity index is 1.79. The zero-order valence-electron chi connectivity index (χ0n) is 15.9. The molecule has 0 aliphatic carbocycles. The van der Waals surface area contributed by atoms with Crippen molar-refractivity contribution in [1.29, 1.82) is 0 Å². The predicted molar refractivity (Wildman–Crippen MR) is 109 cm³/mol. The quantitative estimate of drug-likeness (QED) is 0.660. The summed E-state index contributed by atoms with van der Waals surface area (Å²) in [5.74, 6) is -0.125. The second-order valence-electron chi connectivity index (χ2n) is 7.77. The molecule has 1 aromatic heterocycles. The number of rotatable bonds is 3. The number of pyridine rings is 1. The van der Waals surface area contributed by atoms with Crippen molar-refractivity contribution in [2.24, 2.45) is 0 Å². The van der Waals surface area contributed by atoms with Gasteiger partial charge in [0, 0.05) is 17.0 Å². The predicted octanol–water partition coefficient (Wildman–Crippen LogP) is 5.13. The maximum absolute atomic E-state index is 12.5. The minimum absolute atomic E-state index is 0.0613. The molecule has 0 saturated heterocycles. The molecule has 0 aliphatic heterocycles. The smallest absolute Gasteiger partial charge is 0.270 e. The number of fused-ring (bicyclic) bond motifs is 1. The molecular weight excluding hydrogens is 360 g/mol. The van der Waals surface area contributed by atoms with Crippen LogP contribution in [-0.2, 0) is 12.0 Å². The first kappa shape index (κ1) is 19.2. The lowest BCUT2D eigenvalue weighted by Crippen LogP contribution is -2.24. The monoisotopic (exact) mass is 382 g/mol. The fraction of sp³-hybridized carbons (Fsp3) is 0.273. The van der Waals surface area contributed by atoms with Crippen molar-refractivity contribution in [3.05, 3.63) is 69.9 Å². The van der Waals surface area contributed by atoms with Gasteiger partial charge in [0.05, 0.1) is 5.52 Å². The molecule has 0 saturated carbocycles. The molecule has 0 unspecified atom stereocenters. The van der Waals surface area contributed by atoms with Gasteiger partial charge in [-0.1, -0.05) is 44.5 Å². The maximum atomic E-state index is 12.5. The molecule has 27 heavy (non-hydrogen) atoms. The van der Waals surface area contributed by atoms with E-state index < -0.39 is 0 Å². The van der Waals surface area contributed by atoms with Gasteiger partial charge in [-0.2, -0.15) is 0 Å². The molecule has 2 N–H and O–H groups in total. The minimum Gasteiger partial charge on any atom is -0.508 e. The molecule has 1 amide bonds. The SMILES string of the molecule is Cc1cc(CNC(=O)c2ccc3cc(C(C)(C)C)ccc3n2)c(Cl)cc1O. The Hall–Kier alpha value is -2.59. The Labute approximate surface area is 164 Å². The number of amides is 1. The Kier molecular flexibility index (Phi) is 5.11. The Morgan fingerprint density at radius 3 is 2.59 bits per heavy atom. The number of hydrogen-bond donors (Lipinski definition) is 2. The summed E-state index contributed by atoms with van der Waals surface area (Å²) in [6.45, 7) is 8.55. The lowest BCUT2D eigenvalue weighted by Gasteiger charge is -2.19. The third kappa shape index (κ3) is 4.22. The van der Waals surface area contributed by atoms with E-state index in [0.29, 0.717) is 16.3 Å². The molecular formula is C22H23ClN2O2. The van der Waals surface area contributed by atoms with Crippen LogP contribution < -0.4 is 5.32 Å². The van der Waals surface area contributed by atoms with E-state index in [1.54, 1.807) is 19.1 Å². The molecule has 0 fully saturated rings. The fourth-order valence-electron chi connectivity index (χ4n) is 2.85. The number of phenolic OH excluding ortho intramolecular Hbond substituents is 1. The molecule has 0 spiro atoms. The van der Waals surface area contributed by atoms with Crippen molar-refractivity contribution in [2.45, 2.75) is 39.7 Å². The summed E-state index contributed by atoms with van der Waals surface area (Å²) in [6.07, 6.45) is 0. The summed E-state index contributed by atoms with van der Waals surface area (Å²) in [7, 11) is 0. The van der Waals surface area contributed by atoms with E-state index in [9.17, 15) is 9.90 Å². The average molecular weight is 383 g/mol. The van der Waals surface area contributed by atoms with Crippen LogP contribution in [0, 0.1) is 6.92 Å². The van der Waals surface area contributed by atoms with E-state index in [1.165, 1.54) is 11.6 Å². The van der Waals surface area contributed by atoms with Crippen molar-refractivity contribution >= 4 is 28.4 Å². The van der Waals surface area contributed by atoms with Gasteiger partial charge in [0.15, 0.2) is 0 Å². The standard InChI is InChI=1S/C22H23ClN2O2/c1-13-9-15(17(23)11-20(13)26)12-24-21(27)19-7-5-14-10-16(22(2,3)4)6-8-18(14)25-19/h5-11,26H,12H2,1-4H3,(H,24,27). The van der Waals surface area contributed by atoms with Crippen LogP contribution in [0.2, 0.25) is 5.02 Å². The highest BCUT2D eigenvalue weighted by molar-refractivity contribution is 6.31. The molecule has 0 radical (unpaired) electrons. The molecule has 0 atom stereocenters. The van der Waals surface area contributed by atoms with E-state index in [1.807, 2.05) is 12.1 Å². The highest BCUT2D eigenvalue weighted by Crippen LogP contribution is 2.27. The number of benzene rings is 2. The molecule has 3 rings (SSSR count). The van der Waals surface area contributed by atoms with Gasteiger partial charge in [0.2, 0.25) is 0 Å². The zero-order chi connectivity index (χ0) is 19.8. The van der Waals surface area contributed by atoms with Gasteiger partial charge in [0.25, 0.3) is 5.91 Å². The third-order valence-corrected chi connectivity index (χ3v) is 4.94. The van der Waals surface area contributed by atoms with Crippen molar-refractivity contribution in [2.75, 3.05) is 0 Å². The highest BCUT2D eigenvalue weighted by atomic mass is 35.5. The number of aromatic nitrogens is 1. The molecule has 1 heterocycles. The van der Waals surface area contributed by atoms with Crippen molar-refractivity contribution in [3.63, 3.8) is 0 Å². The molecule has 0 bridgehead atoms. The number of nitrogens with one attached hydrogen (secondary N) is 1. The van der Waals surface area contributed by atoms with E-state index in [2.05, 4.69) is 43.2 Å². The molecule has 3 aromatic rings. The first-order valence-corrected chi connectivity index (χ1v) is 9.20. The Morgan fingerprint density at radius 2 is 1.89 bits per heavy atom. The first-order valence-electron chi connectivity index (χ1n) is 8.82. The topological polar surface area (TPSA) is 62.2 Å². The summed E-state index contributed by atoms with van der Waals surface area (Å²) < 4.78 is 0. The summed E-state index contributed by atoms with van der Waals surface area (Å²) in [4.78, 5) is 17.0. The molecule has 140 valence electrons. The van der Waals surface area contributed by atoms with Crippen LogP contribution in [0.25, 0.3) is 10.9 Å². The highest BCUT2D eigenvalue weighted by Gasteiger charge is 2.15. The Morgan fingerprint density at radius 1 is 1.15 bits per heavy atom. The van der Waals surface area contributed by atoms with Gasteiger partial charge in [-0.3, -0.25) is 4.79 Å². The molecule has 5 heteroatoms. The number of carbonyl (C=O) groups is 1. The van der Waals surface area contributed by atoms with Gasteiger partial charge in [-0.05, 0) is 59.4 Å². The number of aryl methyl sites for hydroxylation is 1. The zero-order valence-corrected chi connectivity index (χ0v) is 16.7. The van der Waals surface area contributed by atoms with Crippen molar-refractivity contribution < 1.29 is 9.90 Å². The van der Waals surface area contributed by atoms with Gasteiger partial charge in [-0.15, -0.1) is 0 Å². The van der Waals surface area contributed by atoms with E-state index in [4.69, 9.17) is 11.6 Å². The van der Waals surface area contributed by atoms with E-state index >= 15 is 0 Å². The average Bonchev–Trinajstić information content (AvgIpc) is 2.61. The van der Waals surface area contributed by atoms with Crippen LogP contribution in [-0.4, -0.2) is 16.0 Å². The molecule has 2 aromatic carbocycles. The fourth-order valence-corrected chi connectivity index (χ4v) is 3.08. The van der Waals surface area contributed by atoms with Crippen LogP contribution in [0.1, 0.15) is 48.0 Å². The molecule has 0 aliphatic rings. The number of aromatic hydroxyl groups is 1. The number of carbonyl (C=O) groups excluding carboxylic acids is 1. The van der Waals surface area contributed by atoms with Gasteiger partial charge in [-0.25, -0.2) is 4.98 Å². The minimum atomic E-state index is -0.265. The summed E-state index contributed by atoms with van der Waals surface area (Å²) >= 11 is 6.13. The number of hydrogen-bond acceptors (Lipinski definition) is 3. The largest absolute Gasteiger partial charge is 0.508 e. The normalized spacial score (nSPS) is 11.6. The van der Waals surface area contributed by atoms with Crippen LogP contribution in [0.5, 0.6) is 5.75 Å². The Bertz CT molecular complexity index is 1020. The first-order chi connectivity index (χ1) is 12.6. The maximum Gasteiger partial charge on any atom is 0.270 e. The van der Waals surface area contributed by atoms with Gasteiger partial charge < -0.3 is 10.4 Å². The van der Waals surface area contributed by atoms with Crippen LogP contribution in [0.15, 0.2) is 42.5 Å². The lowest BCUT2D eigenvalue weighted by molar-refractivity contribution is 0.0946. The number of phenols is 1. The summed E-state index contributed by atoms with van der Waals surface area (Å²) in [6, 6.07) is 13.0. The van der Waals surface area contributed by atoms with E-state index in [0.717, 1.165) is 16.5 Å². The number of halogens is 1. The van der Waals surface area contributed by atoms with Crippen LogP contribution in [0.4, 0.5) is 0 Å². The second kappa shape index (κ2) is 7.20. The van der Waals surface area contributed by atoms with Crippen LogP contribution in [0.3, 0.4) is 0 Å².